The van der Waals surface area contributed by atoms with Gasteiger partial charge in [-0.15, -0.1) is 0 Å². The average molecular weight is 349 g/mol. The summed E-state index contributed by atoms with van der Waals surface area (Å²) in [4.78, 5) is 26.3. The maximum absolute atomic E-state index is 12.4. The third kappa shape index (κ3) is 3.72. The van der Waals surface area contributed by atoms with E-state index in [2.05, 4.69) is 34.9 Å². The lowest BCUT2D eigenvalue weighted by Crippen LogP contribution is -2.45. The summed E-state index contributed by atoms with van der Waals surface area (Å²) >= 11 is 0. The lowest BCUT2D eigenvalue weighted by molar-refractivity contribution is -0.131. The molecular weight excluding hydrogens is 326 g/mol. The highest BCUT2D eigenvalue weighted by Crippen LogP contribution is 2.40. The molecule has 26 heavy (non-hydrogen) atoms. The van der Waals surface area contributed by atoms with E-state index < -0.39 is 0 Å². The second kappa shape index (κ2) is 7.20. The highest BCUT2D eigenvalue weighted by atomic mass is 16.2. The number of amides is 3. The molecule has 2 atom stereocenters. The standard InChI is InChI=1S/C21H23N3O2/c25-20(24-11-10-15-6-4-5-9-17(15)14-24)13-22-21(26)23-19-12-18(19)16-7-2-1-3-8-16/h1-9,18-19H,10-14H2,(H2,22,23,26)/t18-,19-/m1/s1. The molecule has 2 aromatic carbocycles. The number of hydrogen-bond acceptors (Lipinski definition) is 2. The zero-order chi connectivity index (χ0) is 17.9. The molecule has 2 N–H and O–H groups in total. The summed E-state index contributed by atoms with van der Waals surface area (Å²) in [6, 6.07) is 18.3. The molecule has 1 heterocycles. The van der Waals surface area contributed by atoms with Crippen LogP contribution in [0.4, 0.5) is 4.79 Å². The van der Waals surface area contributed by atoms with Crippen molar-refractivity contribution in [1.29, 1.82) is 0 Å². The van der Waals surface area contributed by atoms with Crippen molar-refractivity contribution in [1.82, 2.24) is 15.5 Å². The summed E-state index contributed by atoms with van der Waals surface area (Å²) in [5, 5.41) is 5.66. The summed E-state index contributed by atoms with van der Waals surface area (Å²) in [6.07, 6.45) is 1.82. The Bertz CT molecular complexity index is 806. The van der Waals surface area contributed by atoms with Gasteiger partial charge in [-0.2, -0.15) is 0 Å². The van der Waals surface area contributed by atoms with Gasteiger partial charge >= 0.3 is 6.03 Å². The molecule has 0 unspecified atom stereocenters. The maximum Gasteiger partial charge on any atom is 0.315 e. The highest BCUT2D eigenvalue weighted by Gasteiger charge is 2.39. The molecule has 0 bridgehead atoms. The van der Waals surface area contributed by atoms with Crippen molar-refractivity contribution in [3.63, 3.8) is 0 Å². The first-order valence-corrected chi connectivity index (χ1v) is 9.14. The van der Waals surface area contributed by atoms with Crippen LogP contribution in [0.3, 0.4) is 0 Å². The van der Waals surface area contributed by atoms with Crippen LogP contribution >= 0.6 is 0 Å². The number of carbonyl (C=O) groups excluding carboxylic acids is 2. The van der Waals surface area contributed by atoms with Gasteiger partial charge in [0.15, 0.2) is 0 Å². The van der Waals surface area contributed by atoms with Crippen LogP contribution in [0.1, 0.15) is 29.0 Å². The van der Waals surface area contributed by atoms with Gasteiger partial charge in [0, 0.05) is 25.0 Å². The first kappa shape index (κ1) is 16.6. The monoisotopic (exact) mass is 349 g/mol. The fraction of sp³-hybridized carbons (Fsp3) is 0.333. The van der Waals surface area contributed by atoms with Crippen LogP contribution in [0, 0.1) is 0 Å². The minimum absolute atomic E-state index is 0.0370. The largest absolute Gasteiger partial charge is 0.336 e. The number of nitrogens with one attached hydrogen (secondary N) is 2. The molecule has 2 aromatic rings. The predicted octanol–water partition coefficient (Wildman–Crippen LogP) is 2.43. The van der Waals surface area contributed by atoms with Crippen molar-refractivity contribution < 1.29 is 9.59 Å². The summed E-state index contributed by atoms with van der Waals surface area (Å²) in [6.45, 7) is 1.37. The zero-order valence-corrected chi connectivity index (χ0v) is 14.7. The van der Waals surface area contributed by atoms with Crippen LogP contribution in [0.2, 0.25) is 0 Å². The molecule has 5 nitrogen and oxygen atoms in total. The average Bonchev–Trinajstić information content (AvgIpc) is 3.45. The summed E-state index contributed by atoms with van der Waals surface area (Å²) in [5.74, 6) is 0.348. The Morgan fingerprint density at radius 1 is 1.00 bits per heavy atom. The minimum atomic E-state index is -0.265. The molecule has 1 aliphatic carbocycles. The van der Waals surface area contributed by atoms with Gasteiger partial charge in [0.25, 0.3) is 0 Å². The van der Waals surface area contributed by atoms with Gasteiger partial charge in [-0.3, -0.25) is 4.79 Å². The van der Waals surface area contributed by atoms with E-state index in [0.29, 0.717) is 19.0 Å². The predicted molar refractivity (Wildman–Crippen MR) is 99.7 cm³/mol. The maximum atomic E-state index is 12.4. The van der Waals surface area contributed by atoms with Gasteiger partial charge in [0.1, 0.15) is 0 Å². The van der Waals surface area contributed by atoms with E-state index in [1.54, 1.807) is 0 Å². The smallest absolute Gasteiger partial charge is 0.315 e. The van der Waals surface area contributed by atoms with Gasteiger partial charge in [0.05, 0.1) is 6.54 Å². The van der Waals surface area contributed by atoms with E-state index in [1.165, 1.54) is 16.7 Å². The number of hydrogen-bond donors (Lipinski definition) is 2. The lowest BCUT2D eigenvalue weighted by Gasteiger charge is -2.29. The van der Waals surface area contributed by atoms with Gasteiger partial charge in [-0.05, 0) is 29.5 Å². The first-order chi connectivity index (χ1) is 12.7. The van der Waals surface area contributed by atoms with Crippen LogP contribution < -0.4 is 10.6 Å². The number of rotatable bonds is 4. The molecule has 0 saturated heterocycles. The molecule has 134 valence electrons. The third-order valence-corrected chi connectivity index (χ3v) is 5.22. The topological polar surface area (TPSA) is 61.4 Å². The Morgan fingerprint density at radius 2 is 1.73 bits per heavy atom. The Balaban J connectivity index is 1.22. The minimum Gasteiger partial charge on any atom is -0.336 e. The number of fused-ring (bicyclic) bond motifs is 1. The van der Waals surface area contributed by atoms with Gasteiger partial charge in [-0.1, -0.05) is 54.6 Å². The Hall–Kier alpha value is -2.82. The van der Waals surface area contributed by atoms with Gasteiger partial charge in [0.2, 0.25) is 5.91 Å². The quantitative estimate of drug-likeness (QED) is 0.891. The van der Waals surface area contributed by atoms with Crippen LogP contribution in [-0.4, -0.2) is 36.0 Å². The fourth-order valence-electron chi connectivity index (χ4n) is 3.62. The molecular formula is C21H23N3O2. The molecule has 5 heteroatoms. The fourth-order valence-corrected chi connectivity index (χ4v) is 3.62. The van der Waals surface area contributed by atoms with Crippen molar-refractivity contribution in [2.45, 2.75) is 31.3 Å². The van der Waals surface area contributed by atoms with E-state index in [9.17, 15) is 9.59 Å². The molecule has 4 rings (SSSR count). The van der Waals surface area contributed by atoms with E-state index in [1.807, 2.05) is 35.2 Å². The molecule has 1 saturated carbocycles. The third-order valence-electron chi connectivity index (χ3n) is 5.22. The number of carbonyl (C=O) groups is 2. The Kier molecular flexibility index (Phi) is 4.61. The number of benzene rings is 2. The van der Waals surface area contributed by atoms with Crippen LogP contribution in [0.15, 0.2) is 54.6 Å². The van der Waals surface area contributed by atoms with Crippen LogP contribution in [0.25, 0.3) is 0 Å². The molecule has 3 amide bonds. The normalized spacial score (nSPS) is 20.8. The van der Waals surface area contributed by atoms with Crippen molar-refractivity contribution in [2.24, 2.45) is 0 Å². The molecule has 2 aliphatic rings. The van der Waals surface area contributed by atoms with E-state index in [4.69, 9.17) is 0 Å². The Morgan fingerprint density at radius 3 is 2.54 bits per heavy atom. The van der Waals surface area contributed by atoms with E-state index in [-0.39, 0.29) is 24.5 Å². The van der Waals surface area contributed by atoms with Crippen molar-refractivity contribution >= 4 is 11.9 Å². The number of urea groups is 1. The summed E-state index contributed by atoms with van der Waals surface area (Å²) in [7, 11) is 0. The zero-order valence-electron chi connectivity index (χ0n) is 14.7. The van der Waals surface area contributed by atoms with Gasteiger partial charge in [-0.25, -0.2) is 4.79 Å². The van der Waals surface area contributed by atoms with E-state index >= 15 is 0 Å². The highest BCUT2D eigenvalue weighted by molar-refractivity contribution is 5.84. The van der Waals surface area contributed by atoms with Crippen LogP contribution in [0.5, 0.6) is 0 Å². The SMILES string of the molecule is O=C(NCC(=O)N1CCc2ccccc2C1)N[C@@H]1C[C@@H]1c1ccccc1. The first-order valence-electron chi connectivity index (χ1n) is 9.14. The van der Waals surface area contributed by atoms with Crippen LogP contribution in [-0.2, 0) is 17.8 Å². The van der Waals surface area contributed by atoms with Crippen molar-refractivity contribution in [3.05, 3.63) is 71.3 Å². The second-order valence-corrected chi connectivity index (χ2v) is 7.02. The molecule has 0 spiro atoms. The van der Waals surface area contributed by atoms with Gasteiger partial charge < -0.3 is 15.5 Å². The van der Waals surface area contributed by atoms with Crippen molar-refractivity contribution in [2.75, 3.05) is 13.1 Å². The van der Waals surface area contributed by atoms with Crippen molar-refractivity contribution in [3.8, 4) is 0 Å². The molecule has 1 fully saturated rings. The lowest BCUT2D eigenvalue weighted by atomic mass is 10.00. The molecule has 1 aliphatic heterocycles. The molecule has 0 radical (unpaired) electrons. The molecule has 0 aromatic heterocycles. The summed E-state index contributed by atoms with van der Waals surface area (Å²) < 4.78 is 0. The summed E-state index contributed by atoms with van der Waals surface area (Å²) in [5.41, 5.74) is 3.75. The number of nitrogens with zero attached hydrogens (tertiary/aromatic N) is 1. The van der Waals surface area contributed by atoms with E-state index in [0.717, 1.165) is 12.8 Å². The second-order valence-electron chi connectivity index (χ2n) is 7.02. The Labute approximate surface area is 153 Å².